The van der Waals surface area contributed by atoms with Gasteiger partial charge >= 0.3 is 0 Å². The molecule has 134 valence electrons. The summed E-state index contributed by atoms with van der Waals surface area (Å²) in [6, 6.07) is 10.4. The lowest BCUT2D eigenvalue weighted by atomic mass is 9.81. The number of nitrogens with two attached hydrogens (primary N) is 1. The molecule has 0 aliphatic heterocycles. The van der Waals surface area contributed by atoms with Crippen molar-refractivity contribution in [3.05, 3.63) is 63.5 Å². The number of nitrogens with one attached hydrogen (secondary N) is 1. The zero-order valence-electron chi connectivity index (χ0n) is 14.6. The van der Waals surface area contributed by atoms with Crippen molar-refractivity contribution in [2.75, 3.05) is 11.9 Å². The van der Waals surface area contributed by atoms with Crippen LogP contribution in [0.3, 0.4) is 0 Å². The Kier molecular flexibility index (Phi) is 6.39. The first-order valence-electron chi connectivity index (χ1n) is 8.41. The molecule has 5 nitrogen and oxygen atoms in total. The topological polar surface area (TPSA) is 77.1 Å². The van der Waals surface area contributed by atoms with E-state index in [-0.39, 0.29) is 18.0 Å². The van der Waals surface area contributed by atoms with Gasteiger partial charge in [-0.05, 0) is 30.5 Å². The Morgan fingerprint density at radius 2 is 1.88 bits per heavy atom. The number of carbonyl (C=O) groups excluding carboxylic acids is 1. The van der Waals surface area contributed by atoms with Gasteiger partial charge < -0.3 is 15.6 Å². The number of benzene rings is 1. The fourth-order valence-electron chi connectivity index (χ4n) is 2.76. The van der Waals surface area contributed by atoms with Crippen LogP contribution in [0.25, 0.3) is 0 Å². The second-order valence-electron chi connectivity index (χ2n) is 6.12. The number of hydrogen-bond acceptors (Lipinski definition) is 3. The number of hydrogen-bond donors (Lipinski definition) is 2. The van der Waals surface area contributed by atoms with E-state index in [2.05, 4.69) is 5.32 Å². The monoisotopic (exact) mass is 361 g/mol. The van der Waals surface area contributed by atoms with E-state index in [9.17, 15) is 9.59 Å². The molecule has 1 aromatic carbocycles. The van der Waals surface area contributed by atoms with Crippen LogP contribution in [0.15, 0.2) is 47.4 Å². The van der Waals surface area contributed by atoms with Crippen LogP contribution in [0.2, 0.25) is 5.02 Å². The normalized spacial score (nSPS) is 11.4. The van der Waals surface area contributed by atoms with Gasteiger partial charge in [0.15, 0.2) is 0 Å². The van der Waals surface area contributed by atoms with Gasteiger partial charge in [-0.1, -0.05) is 43.6 Å². The highest BCUT2D eigenvalue weighted by Gasteiger charge is 2.33. The Bertz CT molecular complexity index is 789. The summed E-state index contributed by atoms with van der Waals surface area (Å²) in [7, 11) is 0. The van der Waals surface area contributed by atoms with E-state index in [4.69, 9.17) is 17.3 Å². The van der Waals surface area contributed by atoms with Crippen LogP contribution in [0.1, 0.15) is 32.3 Å². The molecule has 0 radical (unpaired) electrons. The van der Waals surface area contributed by atoms with Crippen molar-refractivity contribution in [2.45, 2.75) is 33.2 Å². The Labute approximate surface area is 152 Å². The van der Waals surface area contributed by atoms with Crippen molar-refractivity contribution in [1.29, 1.82) is 0 Å². The van der Waals surface area contributed by atoms with Crippen LogP contribution in [0.5, 0.6) is 0 Å². The summed E-state index contributed by atoms with van der Waals surface area (Å²) >= 11 is 6.17. The molecule has 2 aromatic rings. The van der Waals surface area contributed by atoms with Crippen molar-refractivity contribution < 1.29 is 4.79 Å². The van der Waals surface area contributed by atoms with Gasteiger partial charge in [0.05, 0.1) is 17.6 Å². The molecule has 0 spiro atoms. The highest BCUT2D eigenvalue weighted by molar-refractivity contribution is 6.31. The number of aromatic nitrogens is 1. The molecule has 0 atom stereocenters. The fourth-order valence-corrected chi connectivity index (χ4v) is 2.95. The lowest BCUT2D eigenvalue weighted by molar-refractivity contribution is -0.125. The van der Waals surface area contributed by atoms with E-state index in [0.29, 0.717) is 30.1 Å². The minimum atomic E-state index is -0.594. The molecule has 1 heterocycles. The third-order valence-corrected chi connectivity index (χ3v) is 5.13. The van der Waals surface area contributed by atoms with Gasteiger partial charge in [0, 0.05) is 23.8 Å². The summed E-state index contributed by atoms with van der Waals surface area (Å²) < 4.78 is 1.53. The molecule has 0 aliphatic carbocycles. The van der Waals surface area contributed by atoms with Crippen LogP contribution in [0.4, 0.5) is 5.69 Å². The minimum Gasteiger partial charge on any atom is -0.329 e. The summed E-state index contributed by atoms with van der Waals surface area (Å²) in [5.74, 6) is -0.122. The molecule has 0 saturated carbocycles. The highest BCUT2D eigenvalue weighted by Crippen LogP contribution is 2.26. The summed E-state index contributed by atoms with van der Waals surface area (Å²) in [5, 5.41) is 3.49. The third kappa shape index (κ3) is 4.30. The quantitative estimate of drug-likeness (QED) is 0.794. The number of carbonyl (C=O) groups is 1. The smallest absolute Gasteiger partial charge is 0.250 e. The Hall–Kier alpha value is -2.11. The maximum atomic E-state index is 12.6. The van der Waals surface area contributed by atoms with Crippen molar-refractivity contribution in [3.8, 4) is 0 Å². The van der Waals surface area contributed by atoms with Gasteiger partial charge in [0.25, 0.3) is 5.56 Å². The van der Waals surface area contributed by atoms with E-state index in [1.165, 1.54) is 10.6 Å². The third-order valence-electron chi connectivity index (χ3n) is 4.77. The molecule has 0 bridgehead atoms. The first-order chi connectivity index (χ1) is 12.0. The molecule has 2 rings (SSSR count). The van der Waals surface area contributed by atoms with Gasteiger partial charge in [-0.15, -0.1) is 0 Å². The van der Waals surface area contributed by atoms with Crippen LogP contribution in [-0.2, 0) is 11.3 Å². The van der Waals surface area contributed by atoms with E-state index in [1.54, 1.807) is 18.3 Å². The Morgan fingerprint density at radius 1 is 1.20 bits per heavy atom. The average molecular weight is 362 g/mol. The van der Waals surface area contributed by atoms with Crippen LogP contribution >= 0.6 is 11.6 Å². The maximum absolute atomic E-state index is 12.6. The molecule has 0 aliphatic rings. The minimum absolute atomic E-state index is 0.122. The van der Waals surface area contributed by atoms with Crippen LogP contribution in [0, 0.1) is 5.41 Å². The van der Waals surface area contributed by atoms with Gasteiger partial charge in [0.1, 0.15) is 0 Å². The molecule has 0 fully saturated rings. The van der Waals surface area contributed by atoms with E-state index in [1.807, 2.05) is 32.0 Å². The number of amides is 1. The van der Waals surface area contributed by atoms with Crippen molar-refractivity contribution in [1.82, 2.24) is 4.57 Å². The first kappa shape index (κ1) is 19.2. The fraction of sp³-hybridized carbons (Fsp3) is 0.368. The number of rotatable bonds is 7. The van der Waals surface area contributed by atoms with Crippen LogP contribution < -0.4 is 16.6 Å². The van der Waals surface area contributed by atoms with Gasteiger partial charge in [0.2, 0.25) is 5.91 Å². The number of pyridine rings is 1. The standard InChI is InChI=1S/C19H24ClN3O2/c1-3-19(4-2,13-21)18(25)22-15-9-10-17(24)23(12-15)11-14-7-5-6-8-16(14)20/h5-10,12H,3-4,11,13,21H2,1-2H3,(H,22,25). The van der Waals surface area contributed by atoms with Crippen molar-refractivity contribution >= 4 is 23.2 Å². The number of anilines is 1. The molecule has 0 unspecified atom stereocenters. The zero-order chi connectivity index (χ0) is 18.4. The number of halogens is 1. The second-order valence-corrected chi connectivity index (χ2v) is 6.53. The van der Waals surface area contributed by atoms with Crippen LogP contribution in [-0.4, -0.2) is 17.0 Å². The predicted molar refractivity (Wildman–Crippen MR) is 102 cm³/mol. The summed E-state index contributed by atoms with van der Waals surface area (Å²) in [4.78, 5) is 24.8. The average Bonchev–Trinajstić information content (AvgIpc) is 2.62. The summed E-state index contributed by atoms with van der Waals surface area (Å²) in [6.07, 6.45) is 2.95. The number of nitrogens with zero attached hydrogens (tertiary/aromatic N) is 1. The maximum Gasteiger partial charge on any atom is 0.250 e. The Morgan fingerprint density at radius 3 is 2.48 bits per heavy atom. The van der Waals surface area contributed by atoms with Crippen molar-refractivity contribution in [3.63, 3.8) is 0 Å². The summed E-state index contributed by atoms with van der Waals surface area (Å²) in [5.41, 5.74) is 6.48. The first-order valence-corrected chi connectivity index (χ1v) is 8.79. The molecule has 3 N–H and O–H groups in total. The summed E-state index contributed by atoms with van der Waals surface area (Å²) in [6.45, 7) is 4.53. The molecule has 25 heavy (non-hydrogen) atoms. The Balaban J connectivity index is 2.26. The SMILES string of the molecule is CCC(CC)(CN)C(=O)Nc1ccc(=O)n(Cc2ccccc2Cl)c1. The second kappa shape index (κ2) is 8.32. The highest BCUT2D eigenvalue weighted by atomic mass is 35.5. The molecular formula is C19H24ClN3O2. The lowest BCUT2D eigenvalue weighted by Crippen LogP contribution is -2.41. The van der Waals surface area contributed by atoms with Gasteiger partial charge in [-0.25, -0.2) is 0 Å². The predicted octanol–water partition coefficient (Wildman–Crippen LogP) is 3.25. The van der Waals surface area contributed by atoms with E-state index in [0.717, 1.165) is 5.56 Å². The van der Waals surface area contributed by atoms with E-state index >= 15 is 0 Å². The zero-order valence-corrected chi connectivity index (χ0v) is 15.3. The van der Waals surface area contributed by atoms with Crippen molar-refractivity contribution in [2.24, 2.45) is 11.1 Å². The van der Waals surface area contributed by atoms with Gasteiger partial charge in [-0.3, -0.25) is 9.59 Å². The lowest BCUT2D eigenvalue weighted by Gasteiger charge is -2.28. The molecular weight excluding hydrogens is 338 g/mol. The molecule has 1 amide bonds. The van der Waals surface area contributed by atoms with E-state index < -0.39 is 5.41 Å². The molecule has 1 aromatic heterocycles. The molecule has 0 saturated heterocycles. The molecule has 6 heteroatoms. The largest absolute Gasteiger partial charge is 0.329 e. The van der Waals surface area contributed by atoms with Gasteiger partial charge in [-0.2, -0.15) is 0 Å².